The molecule has 36 heavy (non-hydrogen) atoms. The maximum Gasteiger partial charge on any atom is 0.243 e. The minimum Gasteiger partial charge on any atom is -0.370 e. The van der Waals surface area contributed by atoms with E-state index in [4.69, 9.17) is 28.3 Å². The summed E-state index contributed by atoms with van der Waals surface area (Å²) in [6.07, 6.45) is 2.17. The van der Waals surface area contributed by atoms with Gasteiger partial charge in [-0.2, -0.15) is 0 Å². The second-order valence-electron chi connectivity index (χ2n) is 8.54. The van der Waals surface area contributed by atoms with Crippen molar-refractivity contribution in [3.8, 4) is 0 Å². The van der Waals surface area contributed by atoms with E-state index in [0.717, 1.165) is 0 Å². The predicted molar refractivity (Wildman–Crippen MR) is 134 cm³/mol. The predicted octanol–water partition coefficient (Wildman–Crippen LogP) is -3.81. The van der Waals surface area contributed by atoms with Crippen LogP contribution in [0.1, 0.15) is 52.9 Å². The van der Waals surface area contributed by atoms with E-state index in [-0.39, 0.29) is 12.4 Å². The Balaban J connectivity index is 4.97. The summed E-state index contributed by atoms with van der Waals surface area (Å²) in [7, 11) is 0. The average Bonchev–Trinajstić information content (AvgIpc) is 2.79. The SMILES string of the molecule is C[C@H](N)C(=O)N[C@@H](CCCNC(=N)N)C(=O)N[C@@H](C)C(=O)N[C@@H](C)C(=O)N[C@@H](CCCCN)C(N)=O. The summed E-state index contributed by atoms with van der Waals surface area (Å²) < 4.78 is 0. The van der Waals surface area contributed by atoms with Crippen molar-refractivity contribution < 1.29 is 24.0 Å². The van der Waals surface area contributed by atoms with E-state index in [2.05, 4.69) is 26.6 Å². The number of primary amides is 1. The molecule has 14 N–H and O–H groups in total. The Morgan fingerprint density at radius 3 is 1.72 bits per heavy atom. The molecular formula is C21H42N10O5. The van der Waals surface area contributed by atoms with Gasteiger partial charge in [-0.25, -0.2) is 0 Å². The highest BCUT2D eigenvalue weighted by molar-refractivity contribution is 5.95. The molecule has 0 aliphatic heterocycles. The minimum absolute atomic E-state index is 0.191. The maximum atomic E-state index is 12.7. The molecule has 0 aromatic rings. The van der Waals surface area contributed by atoms with E-state index >= 15 is 0 Å². The average molecular weight is 515 g/mol. The Labute approximate surface area is 211 Å². The Morgan fingerprint density at radius 1 is 0.722 bits per heavy atom. The first-order valence-corrected chi connectivity index (χ1v) is 11.8. The monoisotopic (exact) mass is 514 g/mol. The Morgan fingerprint density at radius 2 is 1.22 bits per heavy atom. The van der Waals surface area contributed by atoms with Crippen LogP contribution in [-0.4, -0.2) is 78.8 Å². The lowest BCUT2D eigenvalue weighted by atomic mass is 10.1. The molecule has 0 aromatic heterocycles. The quantitative estimate of drug-likeness (QED) is 0.0516. The second-order valence-corrected chi connectivity index (χ2v) is 8.54. The molecule has 0 spiro atoms. The van der Waals surface area contributed by atoms with Gasteiger partial charge in [0.25, 0.3) is 0 Å². The van der Waals surface area contributed by atoms with Crippen molar-refractivity contribution in [1.29, 1.82) is 5.41 Å². The van der Waals surface area contributed by atoms with Crippen LogP contribution in [0.2, 0.25) is 0 Å². The van der Waals surface area contributed by atoms with Gasteiger partial charge in [0.1, 0.15) is 24.2 Å². The normalized spacial score (nSPS) is 14.8. The number of nitrogens with two attached hydrogens (primary N) is 4. The Hall–Kier alpha value is -3.46. The number of guanidine groups is 1. The van der Waals surface area contributed by atoms with Crippen LogP contribution in [0.3, 0.4) is 0 Å². The fourth-order valence-corrected chi connectivity index (χ4v) is 2.96. The van der Waals surface area contributed by atoms with Crippen molar-refractivity contribution in [3.63, 3.8) is 0 Å². The van der Waals surface area contributed by atoms with E-state index in [0.29, 0.717) is 38.8 Å². The van der Waals surface area contributed by atoms with Crippen LogP contribution >= 0.6 is 0 Å². The number of unbranched alkanes of at least 4 members (excludes halogenated alkanes) is 1. The summed E-state index contributed by atoms with van der Waals surface area (Å²) in [4.78, 5) is 61.3. The van der Waals surface area contributed by atoms with Crippen LogP contribution in [-0.2, 0) is 24.0 Å². The minimum atomic E-state index is -1.05. The lowest BCUT2D eigenvalue weighted by Gasteiger charge is -2.23. The van der Waals surface area contributed by atoms with Gasteiger partial charge in [0.15, 0.2) is 5.96 Å². The Bertz CT molecular complexity index is 776. The molecule has 0 aliphatic rings. The highest BCUT2D eigenvalue weighted by atomic mass is 16.2. The summed E-state index contributed by atoms with van der Waals surface area (Å²) in [6, 6.07) is -4.80. The van der Waals surface area contributed by atoms with Crippen molar-refractivity contribution in [3.05, 3.63) is 0 Å². The Kier molecular flexibility index (Phi) is 15.4. The first-order chi connectivity index (χ1) is 16.8. The lowest BCUT2D eigenvalue weighted by molar-refractivity contribution is -0.134. The van der Waals surface area contributed by atoms with E-state index < -0.39 is 59.7 Å². The summed E-state index contributed by atoms with van der Waals surface area (Å²) >= 11 is 0. The summed E-state index contributed by atoms with van der Waals surface area (Å²) in [5, 5.41) is 19.7. The van der Waals surface area contributed by atoms with Gasteiger partial charge in [0.2, 0.25) is 29.5 Å². The molecule has 0 aliphatic carbocycles. The number of carbonyl (C=O) groups is 5. The molecule has 0 saturated carbocycles. The number of rotatable bonds is 17. The summed E-state index contributed by atoms with van der Waals surface area (Å²) in [5.74, 6) is -3.36. The van der Waals surface area contributed by atoms with Crippen molar-refractivity contribution in [1.82, 2.24) is 26.6 Å². The molecule has 0 saturated heterocycles. The fraction of sp³-hybridized carbons (Fsp3) is 0.714. The molecule has 0 aromatic carbocycles. The van der Waals surface area contributed by atoms with E-state index in [1.165, 1.54) is 20.8 Å². The van der Waals surface area contributed by atoms with E-state index in [9.17, 15) is 24.0 Å². The van der Waals surface area contributed by atoms with Crippen LogP contribution in [0.15, 0.2) is 0 Å². The van der Waals surface area contributed by atoms with Crippen molar-refractivity contribution in [2.75, 3.05) is 13.1 Å². The molecule has 15 nitrogen and oxygen atoms in total. The van der Waals surface area contributed by atoms with Crippen LogP contribution in [0.5, 0.6) is 0 Å². The molecule has 0 rings (SSSR count). The van der Waals surface area contributed by atoms with Crippen molar-refractivity contribution in [2.24, 2.45) is 22.9 Å². The van der Waals surface area contributed by atoms with Crippen molar-refractivity contribution in [2.45, 2.75) is 83.1 Å². The second kappa shape index (κ2) is 17.0. The van der Waals surface area contributed by atoms with Gasteiger partial charge in [0, 0.05) is 6.54 Å². The van der Waals surface area contributed by atoms with Gasteiger partial charge >= 0.3 is 0 Å². The third-order valence-electron chi connectivity index (χ3n) is 5.14. The molecule has 206 valence electrons. The molecule has 0 radical (unpaired) electrons. The highest BCUT2D eigenvalue weighted by Gasteiger charge is 2.27. The number of carbonyl (C=O) groups excluding carboxylic acids is 5. The molecule has 0 unspecified atom stereocenters. The van der Waals surface area contributed by atoms with Gasteiger partial charge in [0.05, 0.1) is 6.04 Å². The molecule has 15 heteroatoms. The van der Waals surface area contributed by atoms with Gasteiger partial charge in [-0.3, -0.25) is 29.4 Å². The van der Waals surface area contributed by atoms with E-state index in [1.807, 2.05) is 0 Å². The molecule has 5 amide bonds. The molecule has 0 bridgehead atoms. The number of hydrogen-bond acceptors (Lipinski definition) is 8. The molecular weight excluding hydrogens is 472 g/mol. The van der Waals surface area contributed by atoms with Crippen molar-refractivity contribution >= 4 is 35.5 Å². The summed E-state index contributed by atoms with van der Waals surface area (Å²) in [6.45, 7) is 5.05. The number of amides is 5. The standard InChI is InChI=1S/C21H42N10O5/c1-11(23)17(33)31-15(8-6-10-27-21(25)26)20(36)29-12(2)18(34)28-13(3)19(35)30-14(16(24)32)7-4-5-9-22/h11-15H,4-10,22-23H2,1-3H3,(H2,24,32)(H,28,34)(H,29,36)(H,30,35)(H,31,33)(H4,25,26,27)/t11-,12-,13-,14-,15-/m0/s1. The fourth-order valence-electron chi connectivity index (χ4n) is 2.96. The van der Waals surface area contributed by atoms with Gasteiger partial charge in [-0.15, -0.1) is 0 Å². The number of nitrogens with one attached hydrogen (secondary N) is 6. The van der Waals surface area contributed by atoms with Crippen LogP contribution in [0.4, 0.5) is 0 Å². The van der Waals surface area contributed by atoms with Gasteiger partial charge in [-0.1, -0.05) is 0 Å². The van der Waals surface area contributed by atoms with Crippen LogP contribution in [0.25, 0.3) is 0 Å². The summed E-state index contributed by atoms with van der Waals surface area (Å²) in [5.41, 5.74) is 21.6. The van der Waals surface area contributed by atoms with E-state index in [1.54, 1.807) is 0 Å². The largest absolute Gasteiger partial charge is 0.370 e. The van der Waals surface area contributed by atoms with Crippen LogP contribution in [0, 0.1) is 5.41 Å². The third-order valence-corrected chi connectivity index (χ3v) is 5.14. The third kappa shape index (κ3) is 13.4. The topological polar surface area (TPSA) is 273 Å². The zero-order valence-corrected chi connectivity index (χ0v) is 21.2. The van der Waals surface area contributed by atoms with Gasteiger partial charge < -0.3 is 49.5 Å². The van der Waals surface area contributed by atoms with Gasteiger partial charge in [-0.05, 0) is 59.4 Å². The molecule has 0 fully saturated rings. The zero-order chi connectivity index (χ0) is 27.8. The lowest BCUT2D eigenvalue weighted by Crippen LogP contribution is -2.57. The highest BCUT2D eigenvalue weighted by Crippen LogP contribution is 2.02. The van der Waals surface area contributed by atoms with Crippen LogP contribution < -0.4 is 49.5 Å². The first kappa shape index (κ1) is 32.5. The zero-order valence-electron chi connectivity index (χ0n) is 21.2. The first-order valence-electron chi connectivity index (χ1n) is 11.8. The molecule has 5 atom stereocenters. The number of hydrogen-bond donors (Lipinski definition) is 10. The smallest absolute Gasteiger partial charge is 0.243 e. The maximum absolute atomic E-state index is 12.7. The molecule has 0 heterocycles.